The number of benzene rings is 1. The summed E-state index contributed by atoms with van der Waals surface area (Å²) in [5.41, 5.74) is 13.4. The predicted molar refractivity (Wildman–Crippen MR) is 129 cm³/mol. The lowest BCUT2D eigenvalue weighted by molar-refractivity contribution is 0.428. The minimum absolute atomic E-state index is 0.199. The second kappa shape index (κ2) is 10.5. The van der Waals surface area contributed by atoms with Crippen LogP contribution in [0.5, 0.6) is 0 Å². The molecule has 2 aliphatic carbocycles. The first-order valence-corrected chi connectivity index (χ1v) is 11.3. The molecular weight excluding hydrogens is 362 g/mol. The van der Waals surface area contributed by atoms with Gasteiger partial charge in [0, 0.05) is 5.56 Å². The van der Waals surface area contributed by atoms with Crippen molar-refractivity contribution in [2.75, 3.05) is 12.8 Å². The normalized spacial score (nSPS) is 18.5. The molecule has 1 atom stereocenters. The van der Waals surface area contributed by atoms with E-state index in [1.807, 2.05) is 0 Å². The highest BCUT2D eigenvalue weighted by Gasteiger charge is 2.26. The van der Waals surface area contributed by atoms with Crippen molar-refractivity contribution < 1.29 is 5.11 Å². The monoisotopic (exact) mass is 403 g/mol. The van der Waals surface area contributed by atoms with Crippen molar-refractivity contribution in [3.63, 3.8) is 0 Å². The summed E-state index contributed by atoms with van der Waals surface area (Å²) < 4.78 is 0. The number of aliphatic hydroxyl groups excluding tert-OH is 1. The van der Waals surface area contributed by atoms with E-state index in [0.29, 0.717) is 11.3 Å². The predicted octanol–water partition coefficient (Wildman–Crippen LogP) is 6.61. The molecule has 2 nitrogen and oxygen atoms in total. The smallest absolute Gasteiger partial charge is 0.116 e. The Bertz CT molecular complexity index is 708. The first-order chi connectivity index (χ1) is 13.0. The summed E-state index contributed by atoms with van der Waals surface area (Å²) in [6.07, 6.45) is 8.91. The van der Waals surface area contributed by atoms with E-state index in [2.05, 4.69) is 72.9 Å². The van der Waals surface area contributed by atoms with Crippen LogP contribution in [0.3, 0.4) is 0 Å². The topological polar surface area (TPSA) is 46.2 Å². The lowest BCUT2D eigenvalue weighted by Crippen LogP contribution is -2.18. The molecule has 0 bridgehead atoms. The Morgan fingerprint density at radius 1 is 1.29 bits per heavy atom. The fourth-order valence-electron chi connectivity index (χ4n) is 3.52. The Labute approximate surface area is 178 Å². The summed E-state index contributed by atoms with van der Waals surface area (Å²) in [6.45, 7) is 17.6. The minimum Gasteiger partial charge on any atom is -0.508 e. The van der Waals surface area contributed by atoms with E-state index in [0.717, 1.165) is 24.4 Å². The van der Waals surface area contributed by atoms with Crippen molar-refractivity contribution in [1.82, 2.24) is 0 Å². The molecule has 0 aliphatic heterocycles. The van der Waals surface area contributed by atoms with Crippen LogP contribution in [0.4, 0.5) is 0 Å². The van der Waals surface area contributed by atoms with Crippen LogP contribution in [0.2, 0.25) is 0 Å². The third-order valence-corrected chi connectivity index (χ3v) is 5.49. The number of hydrogen-bond donors (Lipinski definition) is 3. The van der Waals surface area contributed by atoms with Gasteiger partial charge < -0.3 is 10.8 Å². The Morgan fingerprint density at radius 2 is 1.82 bits per heavy atom. The molecule has 1 aromatic carbocycles. The average Bonchev–Trinajstić information content (AvgIpc) is 3.41. The zero-order valence-electron chi connectivity index (χ0n) is 19.0. The van der Waals surface area contributed by atoms with E-state index in [1.165, 1.54) is 47.1 Å². The lowest BCUT2D eigenvalue weighted by Gasteiger charge is -2.15. The van der Waals surface area contributed by atoms with Crippen LogP contribution in [-0.4, -0.2) is 17.9 Å². The van der Waals surface area contributed by atoms with Crippen LogP contribution in [0, 0.1) is 24.2 Å². The number of thiol groups is 1. The Balaban J connectivity index is 0.000000422. The van der Waals surface area contributed by atoms with Crippen LogP contribution < -0.4 is 5.73 Å². The maximum Gasteiger partial charge on any atom is 0.116 e. The fourth-order valence-corrected chi connectivity index (χ4v) is 3.52. The SMILES string of the molecule is C=C(O)c1cc2c(c(C)c1/C=C(\C)C1CC1)CC(C)C2.CC(C)(C)CN.CS. The fraction of sp³-hybridized carbons (Fsp3) is 0.600. The van der Waals surface area contributed by atoms with Crippen molar-refractivity contribution >= 4 is 24.5 Å². The van der Waals surface area contributed by atoms with Gasteiger partial charge in [0.05, 0.1) is 0 Å². The first-order valence-electron chi connectivity index (χ1n) is 10.4. The van der Waals surface area contributed by atoms with Gasteiger partial charge in [0.1, 0.15) is 5.76 Å². The quantitative estimate of drug-likeness (QED) is 0.393. The first kappa shape index (κ1) is 24.8. The van der Waals surface area contributed by atoms with Gasteiger partial charge in [-0.1, -0.05) is 45.9 Å². The Kier molecular flexibility index (Phi) is 9.36. The maximum atomic E-state index is 9.97. The van der Waals surface area contributed by atoms with Gasteiger partial charge in [-0.25, -0.2) is 0 Å². The zero-order chi connectivity index (χ0) is 21.6. The number of fused-ring (bicyclic) bond motifs is 1. The zero-order valence-corrected chi connectivity index (χ0v) is 19.9. The van der Waals surface area contributed by atoms with Crippen LogP contribution in [0.25, 0.3) is 11.8 Å². The number of nitrogens with two attached hydrogens (primary N) is 1. The summed E-state index contributed by atoms with van der Waals surface area (Å²) in [4.78, 5) is 0. The summed E-state index contributed by atoms with van der Waals surface area (Å²) in [5.74, 6) is 1.68. The molecule has 1 fully saturated rings. The molecule has 0 amide bonds. The van der Waals surface area contributed by atoms with E-state index < -0.39 is 0 Å². The number of allylic oxidation sites excluding steroid dienone is 1. The molecule has 0 saturated heterocycles. The third-order valence-electron chi connectivity index (χ3n) is 5.49. The molecule has 1 aromatic rings. The number of rotatable bonds is 3. The van der Waals surface area contributed by atoms with Gasteiger partial charge >= 0.3 is 0 Å². The van der Waals surface area contributed by atoms with Crippen molar-refractivity contribution in [1.29, 1.82) is 0 Å². The van der Waals surface area contributed by atoms with Crippen LogP contribution >= 0.6 is 12.6 Å². The average molecular weight is 404 g/mol. The van der Waals surface area contributed by atoms with Gasteiger partial charge in [-0.15, -0.1) is 0 Å². The van der Waals surface area contributed by atoms with Gasteiger partial charge in [0.25, 0.3) is 0 Å². The highest BCUT2D eigenvalue weighted by molar-refractivity contribution is 7.79. The van der Waals surface area contributed by atoms with E-state index in [9.17, 15) is 5.11 Å². The standard InChI is InChI=1S/C19H24O.C5H13N.CH4S/c1-11-7-16-10-19(14(4)20)18(13(3)17(16)8-11)9-12(2)15-5-6-15;1-5(2,3)4-6;1-2/h9-11,15,20H,4-8H2,1-3H3;4,6H2,1-3H3;2H,1H3/b12-9+;;. The van der Waals surface area contributed by atoms with Crippen LogP contribution in [0.1, 0.15) is 75.3 Å². The van der Waals surface area contributed by atoms with Crippen molar-refractivity contribution in [2.24, 2.45) is 23.0 Å². The lowest BCUT2D eigenvalue weighted by atomic mass is 9.91. The summed E-state index contributed by atoms with van der Waals surface area (Å²) in [7, 11) is 0. The molecule has 2 aliphatic rings. The number of hydrogen-bond acceptors (Lipinski definition) is 3. The van der Waals surface area contributed by atoms with E-state index in [1.54, 1.807) is 6.26 Å². The molecule has 28 heavy (non-hydrogen) atoms. The van der Waals surface area contributed by atoms with E-state index in [-0.39, 0.29) is 5.76 Å². The summed E-state index contributed by atoms with van der Waals surface area (Å²) >= 11 is 3.53. The highest BCUT2D eigenvalue weighted by atomic mass is 32.1. The highest BCUT2D eigenvalue weighted by Crippen LogP contribution is 2.40. The van der Waals surface area contributed by atoms with Crippen LogP contribution in [-0.2, 0) is 12.8 Å². The van der Waals surface area contributed by atoms with Crippen molar-refractivity contribution in [2.45, 2.75) is 67.2 Å². The Morgan fingerprint density at radius 3 is 2.25 bits per heavy atom. The molecule has 0 heterocycles. The van der Waals surface area contributed by atoms with Gasteiger partial charge in [-0.3, -0.25) is 0 Å². The molecule has 1 saturated carbocycles. The second-order valence-corrected chi connectivity index (χ2v) is 9.49. The molecule has 0 spiro atoms. The summed E-state index contributed by atoms with van der Waals surface area (Å²) in [5, 5.41) is 9.97. The van der Waals surface area contributed by atoms with Crippen molar-refractivity contribution in [3.8, 4) is 0 Å². The van der Waals surface area contributed by atoms with Crippen LogP contribution in [0.15, 0.2) is 18.2 Å². The molecule has 3 heteroatoms. The molecule has 0 aromatic heterocycles. The largest absolute Gasteiger partial charge is 0.508 e. The molecule has 158 valence electrons. The molecular formula is C25H41NOS. The molecule has 3 N–H and O–H groups in total. The Hall–Kier alpha value is -1.19. The second-order valence-electron chi connectivity index (χ2n) is 9.49. The van der Waals surface area contributed by atoms with Crippen molar-refractivity contribution in [3.05, 3.63) is 46.0 Å². The van der Waals surface area contributed by atoms with Gasteiger partial charge in [0.15, 0.2) is 0 Å². The van der Waals surface area contributed by atoms with Gasteiger partial charge in [-0.05, 0) is 97.9 Å². The number of aliphatic hydroxyl groups is 1. The van der Waals surface area contributed by atoms with Gasteiger partial charge in [0.2, 0.25) is 0 Å². The molecule has 1 unspecified atom stereocenters. The van der Waals surface area contributed by atoms with E-state index >= 15 is 0 Å². The maximum absolute atomic E-state index is 9.97. The molecule has 0 radical (unpaired) electrons. The van der Waals surface area contributed by atoms with Gasteiger partial charge in [-0.2, -0.15) is 12.6 Å². The third kappa shape index (κ3) is 7.00. The minimum atomic E-state index is 0.199. The molecule has 3 rings (SSSR count). The van der Waals surface area contributed by atoms with E-state index in [4.69, 9.17) is 5.73 Å². The summed E-state index contributed by atoms with van der Waals surface area (Å²) in [6, 6.07) is 2.17.